The van der Waals surface area contributed by atoms with Crippen LogP contribution in [0, 0.1) is 19.8 Å². The molecule has 2 fully saturated rings. The molecule has 1 aliphatic heterocycles. The maximum Gasteiger partial charge on any atom is 0.216 e. The summed E-state index contributed by atoms with van der Waals surface area (Å²) in [6.07, 6.45) is 1.65. The lowest BCUT2D eigenvalue weighted by atomic mass is 10.0. The van der Waals surface area contributed by atoms with E-state index in [0.717, 1.165) is 36.6 Å². The first-order chi connectivity index (χ1) is 11.4. The van der Waals surface area contributed by atoms with Crippen LogP contribution in [0.3, 0.4) is 0 Å². The van der Waals surface area contributed by atoms with Crippen LogP contribution in [0.15, 0.2) is 12.1 Å². The molecule has 0 radical (unpaired) electrons. The van der Waals surface area contributed by atoms with Gasteiger partial charge in [0.05, 0.1) is 15.5 Å². The molecule has 130 valence electrons. The molecule has 1 aromatic carbocycles. The van der Waals surface area contributed by atoms with Crippen LogP contribution < -0.4 is 4.90 Å². The summed E-state index contributed by atoms with van der Waals surface area (Å²) >= 11 is 1.73. The minimum absolute atomic E-state index is 0.117. The van der Waals surface area contributed by atoms with E-state index in [-0.39, 0.29) is 5.25 Å². The molecule has 0 atom stereocenters. The number of sulfonamides is 1. The highest BCUT2D eigenvalue weighted by atomic mass is 32.2. The van der Waals surface area contributed by atoms with Gasteiger partial charge in [0, 0.05) is 32.6 Å². The zero-order valence-electron chi connectivity index (χ0n) is 14.3. The molecule has 1 aromatic heterocycles. The molecule has 2 aliphatic rings. The number of rotatable bonds is 5. The SMILES string of the molecule is Cc1ccc2sc(N3CC(CN(C)S(=O)(=O)C4CC4)C3)nc2c1C. The van der Waals surface area contributed by atoms with Crippen molar-refractivity contribution < 1.29 is 8.42 Å². The number of hydrogen-bond acceptors (Lipinski definition) is 5. The number of hydrogen-bond donors (Lipinski definition) is 0. The first kappa shape index (κ1) is 16.3. The number of anilines is 1. The number of fused-ring (bicyclic) bond motifs is 1. The Labute approximate surface area is 147 Å². The third-order valence-corrected chi connectivity index (χ3v) is 8.61. The molecule has 1 aliphatic carbocycles. The average molecular weight is 366 g/mol. The van der Waals surface area contributed by atoms with Crippen LogP contribution in [0.1, 0.15) is 24.0 Å². The topological polar surface area (TPSA) is 53.5 Å². The largest absolute Gasteiger partial charge is 0.347 e. The first-order valence-corrected chi connectivity index (χ1v) is 10.7. The van der Waals surface area contributed by atoms with Crippen LogP contribution in [-0.4, -0.2) is 49.6 Å². The van der Waals surface area contributed by atoms with Crippen molar-refractivity contribution in [2.24, 2.45) is 5.92 Å². The summed E-state index contributed by atoms with van der Waals surface area (Å²) in [4.78, 5) is 7.07. The molecule has 1 saturated heterocycles. The minimum atomic E-state index is -3.05. The standard InChI is InChI=1S/C17H23N3O2S2/c1-11-4-7-15-16(12(11)2)18-17(23-15)20-9-13(10-20)8-19(3)24(21,22)14-5-6-14/h4,7,13-14H,5-6,8-10H2,1-3H3. The van der Waals surface area contributed by atoms with Gasteiger partial charge in [-0.05, 0) is 43.9 Å². The summed E-state index contributed by atoms with van der Waals surface area (Å²) in [5.74, 6) is 0.401. The highest BCUT2D eigenvalue weighted by molar-refractivity contribution is 7.90. The van der Waals surface area contributed by atoms with Crippen molar-refractivity contribution in [1.82, 2.24) is 9.29 Å². The molecule has 0 unspecified atom stereocenters. The third-order valence-electron chi connectivity index (χ3n) is 5.20. The van der Waals surface area contributed by atoms with E-state index in [0.29, 0.717) is 12.5 Å². The molecule has 2 heterocycles. The van der Waals surface area contributed by atoms with Crippen LogP contribution in [0.4, 0.5) is 5.13 Å². The second kappa shape index (κ2) is 5.68. The van der Waals surface area contributed by atoms with Gasteiger partial charge in [0.2, 0.25) is 10.0 Å². The van der Waals surface area contributed by atoms with Gasteiger partial charge in [-0.25, -0.2) is 17.7 Å². The summed E-state index contributed by atoms with van der Waals surface area (Å²) in [5.41, 5.74) is 3.63. The Morgan fingerprint density at radius 2 is 2.00 bits per heavy atom. The smallest absolute Gasteiger partial charge is 0.216 e. The Kier molecular flexibility index (Phi) is 3.85. The Bertz CT molecular complexity index is 881. The van der Waals surface area contributed by atoms with Crippen LogP contribution in [0.25, 0.3) is 10.2 Å². The molecule has 0 spiro atoms. The van der Waals surface area contributed by atoms with E-state index < -0.39 is 10.0 Å². The third kappa shape index (κ3) is 2.72. The van der Waals surface area contributed by atoms with Crippen molar-refractivity contribution in [1.29, 1.82) is 0 Å². The van der Waals surface area contributed by atoms with E-state index in [2.05, 4.69) is 30.9 Å². The van der Waals surface area contributed by atoms with E-state index in [9.17, 15) is 8.42 Å². The van der Waals surface area contributed by atoms with Crippen LogP contribution in [0.5, 0.6) is 0 Å². The predicted octanol–water partition coefficient (Wildman–Crippen LogP) is 2.77. The van der Waals surface area contributed by atoms with Gasteiger partial charge in [-0.15, -0.1) is 0 Å². The Morgan fingerprint density at radius 1 is 1.29 bits per heavy atom. The van der Waals surface area contributed by atoms with Gasteiger partial charge >= 0.3 is 0 Å². The second-order valence-corrected chi connectivity index (χ2v) is 10.5. The summed E-state index contributed by atoms with van der Waals surface area (Å²) in [7, 11) is -1.33. The number of nitrogens with zero attached hydrogens (tertiary/aromatic N) is 3. The lowest BCUT2D eigenvalue weighted by Gasteiger charge is -2.40. The van der Waals surface area contributed by atoms with Gasteiger partial charge in [-0.2, -0.15) is 0 Å². The number of thiazole rings is 1. The normalized spacial score (nSPS) is 19.2. The average Bonchev–Trinajstić information content (AvgIpc) is 3.27. The highest BCUT2D eigenvalue weighted by Crippen LogP contribution is 2.36. The van der Waals surface area contributed by atoms with Crippen molar-refractivity contribution >= 4 is 36.7 Å². The van der Waals surface area contributed by atoms with Gasteiger partial charge in [-0.1, -0.05) is 17.4 Å². The summed E-state index contributed by atoms with van der Waals surface area (Å²) < 4.78 is 27.2. The molecule has 0 N–H and O–H groups in total. The Hall–Kier alpha value is -1.18. The first-order valence-electron chi connectivity index (χ1n) is 8.43. The molecular weight excluding hydrogens is 342 g/mol. The number of aryl methyl sites for hydroxylation is 2. The molecule has 2 aromatic rings. The zero-order valence-corrected chi connectivity index (χ0v) is 16.0. The lowest BCUT2D eigenvalue weighted by Crippen LogP contribution is -2.52. The van der Waals surface area contributed by atoms with Gasteiger partial charge in [0.15, 0.2) is 5.13 Å². The lowest BCUT2D eigenvalue weighted by molar-refractivity contribution is 0.327. The molecular formula is C17H23N3O2S2. The van der Waals surface area contributed by atoms with Gasteiger partial charge in [0.1, 0.15) is 0 Å². The number of aromatic nitrogens is 1. The van der Waals surface area contributed by atoms with Crippen molar-refractivity contribution in [3.8, 4) is 0 Å². The summed E-state index contributed by atoms with van der Waals surface area (Å²) in [6.45, 7) is 6.64. The highest BCUT2D eigenvalue weighted by Gasteiger charge is 2.40. The summed E-state index contributed by atoms with van der Waals surface area (Å²) in [6, 6.07) is 4.29. The monoisotopic (exact) mass is 365 g/mol. The Morgan fingerprint density at radius 3 is 2.67 bits per heavy atom. The molecule has 7 heteroatoms. The van der Waals surface area contributed by atoms with Crippen molar-refractivity contribution in [2.75, 3.05) is 31.6 Å². The zero-order chi connectivity index (χ0) is 17.1. The van der Waals surface area contributed by atoms with E-state index >= 15 is 0 Å². The molecule has 0 amide bonds. The van der Waals surface area contributed by atoms with E-state index in [4.69, 9.17) is 4.98 Å². The maximum atomic E-state index is 12.2. The molecule has 4 rings (SSSR count). The fraction of sp³-hybridized carbons (Fsp3) is 0.588. The molecule has 1 saturated carbocycles. The predicted molar refractivity (Wildman–Crippen MR) is 99.4 cm³/mol. The fourth-order valence-electron chi connectivity index (χ4n) is 3.28. The molecule has 24 heavy (non-hydrogen) atoms. The van der Waals surface area contributed by atoms with Crippen LogP contribution in [-0.2, 0) is 10.0 Å². The second-order valence-electron chi connectivity index (χ2n) is 7.15. The Balaban J connectivity index is 1.41. The van der Waals surface area contributed by atoms with Gasteiger partial charge < -0.3 is 4.90 Å². The maximum absolute atomic E-state index is 12.2. The van der Waals surface area contributed by atoms with Gasteiger partial charge in [0.25, 0.3) is 0 Å². The van der Waals surface area contributed by atoms with Crippen molar-refractivity contribution in [3.05, 3.63) is 23.3 Å². The fourth-order valence-corrected chi connectivity index (χ4v) is 5.98. The summed E-state index contributed by atoms with van der Waals surface area (Å²) in [5, 5.41) is 0.941. The van der Waals surface area contributed by atoms with Crippen molar-refractivity contribution in [3.63, 3.8) is 0 Å². The number of benzene rings is 1. The quantitative estimate of drug-likeness (QED) is 0.818. The van der Waals surface area contributed by atoms with Crippen LogP contribution >= 0.6 is 11.3 Å². The van der Waals surface area contributed by atoms with Crippen molar-refractivity contribution in [2.45, 2.75) is 31.9 Å². The molecule has 5 nitrogen and oxygen atoms in total. The molecule has 0 bridgehead atoms. The van der Waals surface area contributed by atoms with E-state index in [1.165, 1.54) is 15.8 Å². The van der Waals surface area contributed by atoms with Gasteiger partial charge in [-0.3, -0.25) is 0 Å². The van der Waals surface area contributed by atoms with Crippen LogP contribution in [0.2, 0.25) is 0 Å². The minimum Gasteiger partial charge on any atom is -0.347 e. The van der Waals surface area contributed by atoms with E-state index in [1.54, 1.807) is 22.7 Å². The van der Waals surface area contributed by atoms with E-state index in [1.807, 2.05) is 0 Å².